The summed E-state index contributed by atoms with van der Waals surface area (Å²) < 4.78 is 7.14. The first-order valence-corrected chi connectivity index (χ1v) is 8.11. The maximum atomic E-state index is 12.0. The van der Waals surface area contributed by atoms with E-state index in [4.69, 9.17) is 4.74 Å². The van der Waals surface area contributed by atoms with Crippen LogP contribution in [0.1, 0.15) is 42.6 Å². The average Bonchev–Trinajstić information content (AvgIpc) is 3.02. The van der Waals surface area contributed by atoms with Crippen molar-refractivity contribution in [3.8, 4) is 0 Å². The molecule has 1 aliphatic rings. The van der Waals surface area contributed by atoms with Gasteiger partial charge in [0.15, 0.2) is 0 Å². The number of fused-ring (bicyclic) bond motifs is 1. The summed E-state index contributed by atoms with van der Waals surface area (Å²) in [4.78, 5) is 20.5. The molecule has 3 rings (SSSR count). The van der Waals surface area contributed by atoms with E-state index in [-0.39, 0.29) is 5.97 Å². The van der Waals surface area contributed by atoms with E-state index in [0.717, 1.165) is 36.2 Å². The predicted molar refractivity (Wildman–Crippen MR) is 86.0 cm³/mol. The molecule has 2 aromatic rings. The first-order chi connectivity index (χ1) is 11.1. The van der Waals surface area contributed by atoms with Gasteiger partial charge in [-0.2, -0.15) is 10.1 Å². The molecule has 0 spiro atoms. The van der Waals surface area contributed by atoms with Crippen LogP contribution in [-0.2, 0) is 16.0 Å². The van der Waals surface area contributed by atoms with Gasteiger partial charge < -0.3 is 4.74 Å². The Morgan fingerprint density at radius 3 is 3.04 bits per heavy atom. The van der Waals surface area contributed by atoms with Crippen LogP contribution >= 0.6 is 0 Å². The summed E-state index contributed by atoms with van der Waals surface area (Å²) in [5.41, 5.74) is 2.92. The van der Waals surface area contributed by atoms with Crippen LogP contribution in [0, 0.1) is 19.8 Å². The summed E-state index contributed by atoms with van der Waals surface area (Å²) in [6.45, 7) is 4.45. The smallest absolute Gasteiger partial charge is 0.306 e. The van der Waals surface area contributed by atoms with E-state index in [1.54, 1.807) is 4.52 Å². The van der Waals surface area contributed by atoms with Crippen molar-refractivity contribution < 1.29 is 9.53 Å². The van der Waals surface area contributed by atoms with E-state index in [0.29, 0.717) is 31.1 Å². The molecule has 6 nitrogen and oxygen atoms in total. The molecule has 0 saturated carbocycles. The third-order valence-corrected chi connectivity index (χ3v) is 4.43. The fraction of sp³-hybridized carbons (Fsp3) is 0.529. The molecule has 0 N–H and O–H groups in total. The molecule has 1 atom stereocenters. The molecular formula is C17H22N4O2. The number of nitrogens with zero attached hydrogens (tertiary/aromatic N) is 4. The van der Waals surface area contributed by atoms with Gasteiger partial charge in [0.1, 0.15) is 6.33 Å². The second-order valence-electron chi connectivity index (χ2n) is 6.07. The third-order valence-electron chi connectivity index (χ3n) is 4.43. The van der Waals surface area contributed by atoms with Gasteiger partial charge in [0.05, 0.1) is 6.61 Å². The molecule has 1 aliphatic carbocycles. The maximum absolute atomic E-state index is 12.0. The number of hydrogen-bond acceptors (Lipinski definition) is 5. The normalized spacial score (nSPS) is 17.6. The molecule has 23 heavy (non-hydrogen) atoms. The highest BCUT2D eigenvalue weighted by Gasteiger charge is 2.15. The molecule has 2 aromatic heterocycles. The molecule has 0 aromatic carbocycles. The molecule has 6 heteroatoms. The Labute approximate surface area is 135 Å². The molecule has 122 valence electrons. The van der Waals surface area contributed by atoms with Crippen molar-refractivity contribution in [2.75, 3.05) is 6.61 Å². The Hall–Kier alpha value is -2.24. The van der Waals surface area contributed by atoms with Crippen LogP contribution in [-0.4, -0.2) is 32.2 Å². The molecule has 1 unspecified atom stereocenters. The Bertz CT molecular complexity index is 736. The minimum absolute atomic E-state index is 0.142. The second-order valence-corrected chi connectivity index (χ2v) is 6.07. The van der Waals surface area contributed by atoms with Crippen LogP contribution in [0.4, 0.5) is 0 Å². The van der Waals surface area contributed by atoms with Crippen molar-refractivity contribution >= 4 is 11.7 Å². The van der Waals surface area contributed by atoms with Crippen molar-refractivity contribution in [1.82, 2.24) is 19.6 Å². The quantitative estimate of drug-likeness (QED) is 0.626. The fourth-order valence-electron chi connectivity index (χ4n) is 3.03. The van der Waals surface area contributed by atoms with Gasteiger partial charge in [0.2, 0.25) is 0 Å². The van der Waals surface area contributed by atoms with Gasteiger partial charge >= 0.3 is 5.97 Å². The average molecular weight is 314 g/mol. The van der Waals surface area contributed by atoms with Crippen LogP contribution in [0.3, 0.4) is 0 Å². The van der Waals surface area contributed by atoms with Gasteiger partial charge in [-0.1, -0.05) is 12.2 Å². The number of aromatic nitrogens is 4. The third kappa shape index (κ3) is 3.57. The summed E-state index contributed by atoms with van der Waals surface area (Å²) in [5.74, 6) is 0.925. The van der Waals surface area contributed by atoms with Crippen molar-refractivity contribution in [2.24, 2.45) is 5.92 Å². The summed E-state index contributed by atoms with van der Waals surface area (Å²) in [6, 6.07) is 0. The predicted octanol–water partition coefficient (Wildman–Crippen LogP) is 2.57. The zero-order valence-electron chi connectivity index (χ0n) is 13.7. The lowest BCUT2D eigenvalue weighted by Crippen LogP contribution is -2.16. The highest BCUT2D eigenvalue weighted by molar-refractivity contribution is 5.69. The molecule has 0 aliphatic heterocycles. The van der Waals surface area contributed by atoms with Gasteiger partial charge in [-0.25, -0.2) is 9.50 Å². The van der Waals surface area contributed by atoms with Crippen molar-refractivity contribution in [3.63, 3.8) is 0 Å². The van der Waals surface area contributed by atoms with Crippen LogP contribution < -0.4 is 0 Å². The minimum Gasteiger partial charge on any atom is -0.465 e. The minimum atomic E-state index is -0.142. The standard InChI is InChI=1S/C17H22N4O2/c1-12-15(13(2)21-17(20-12)18-11-19-21)8-9-16(22)23-10-14-6-4-3-5-7-14/h3-4,11,14H,5-10H2,1-2H3. The topological polar surface area (TPSA) is 69.4 Å². The summed E-state index contributed by atoms with van der Waals surface area (Å²) >= 11 is 0. The highest BCUT2D eigenvalue weighted by Crippen LogP contribution is 2.19. The SMILES string of the molecule is Cc1nc2ncnn2c(C)c1CCC(=O)OCC1CC=CCC1. The summed E-state index contributed by atoms with van der Waals surface area (Å²) in [6.07, 6.45) is 10.0. The van der Waals surface area contributed by atoms with E-state index in [9.17, 15) is 4.79 Å². The van der Waals surface area contributed by atoms with Gasteiger partial charge in [-0.15, -0.1) is 0 Å². The van der Waals surface area contributed by atoms with Gasteiger partial charge in [0, 0.05) is 17.8 Å². The number of hydrogen-bond donors (Lipinski definition) is 0. The molecule has 0 bridgehead atoms. The number of aryl methyl sites for hydroxylation is 2. The van der Waals surface area contributed by atoms with Crippen LogP contribution in [0.2, 0.25) is 0 Å². The lowest BCUT2D eigenvalue weighted by Gasteiger charge is -2.17. The van der Waals surface area contributed by atoms with Crippen LogP contribution in [0.25, 0.3) is 5.78 Å². The Balaban J connectivity index is 1.57. The monoisotopic (exact) mass is 314 g/mol. The largest absolute Gasteiger partial charge is 0.465 e. The lowest BCUT2D eigenvalue weighted by atomic mass is 9.95. The van der Waals surface area contributed by atoms with E-state index in [1.807, 2.05) is 13.8 Å². The molecule has 0 radical (unpaired) electrons. The van der Waals surface area contributed by atoms with Crippen molar-refractivity contribution in [3.05, 3.63) is 35.4 Å². The number of carbonyl (C=O) groups excluding carboxylic acids is 1. The van der Waals surface area contributed by atoms with Crippen LogP contribution in [0.15, 0.2) is 18.5 Å². The maximum Gasteiger partial charge on any atom is 0.306 e. The molecule has 0 saturated heterocycles. The van der Waals surface area contributed by atoms with E-state index >= 15 is 0 Å². The van der Waals surface area contributed by atoms with E-state index in [1.165, 1.54) is 6.33 Å². The summed E-state index contributed by atoms with van der Waals surface area (Å²) in [5, 5.41) is 4.17. The van der Waals surface area contributed by atoms with E-state index in [2.05, 4.69) is 27.2 Å². The zero-order chi connectivity index (χ0) is 16.2. The van der Waals surface area contributed by atoms with E-state index < -0.39 is 0 Å². The first-order valence-electron chi connectivity index (χ1n) is 8.11. The highest BCUT2D eigenvalue weighted by atomic mass is 16.5. The van der Waals surface area contributed by atoms with Gasteiger partial charge in [-0.3, -0.25) is 4.79 Å². The molecular weight excluding hydrogens is 292 g/mol. The van der Waals surface area contributed by atoms with Gasteiger partial charge in [0.25, 0.3) is 5.78 Å². The Kier molecular flexibility index (Phi) is 4.69. The lowest BCUT2D eigenvalue weighted by molar-refractivity contribution is -0.145. The van der Waals surface area contributed by atoms with Gasteiger partial charge in [-0.05, 0) is 51.0 Å². The number of allylic oxidation sites excluding steroid dienone is 2. The summed E-state index contributed by atoms with van der Waals surface area (Å²) in [7, 11) is 0. The number of esters is 1. The van der Waals surface area contributed by atoms with Crippen molar-refractivity contribution in [1.29, 1.82) is 0 Å². The molecule has 2 heterocycles. The Morgan fingerprint density at radius 1 is 1.39 bits per heavy atom. The number of ether oxygens (including phenoxy) is 1. The Morgan fingerprint density at radius 2 is 2.26 bits per heavy atom. The van der Waals surface area contributed by atoms with Crippen molar-refractivity contribution in [2.45, 2.75) is 46.0 Å². The molecule has 0 amide bonds. The number of carbonyl (C=O) groups is 1. The number of rotatable bonds is 5. The molecule has 0 fully saturated rings. The second kappa shape index (κ2) is 6.89. The zero-order valence-corrected chi connectivity index (χ0v) is 13.7. The first kappa shape index (κ1) is 15.6. The van der Waals surface area contributed by atoms with Crippen LogP contribution in [0.5, 0.6) is 0 Å². The fourth-order valence-corrected chi connectivity index (χ4v) is 3.03.